The largest absolute Gasteiger partial charge is 0.381 e. The summed E-state index contributed by atoms with van der Waals surface area (Å²) >= 11 is 0. The van der Waals surface area contributed by atoms with Crippen LogP contribution < -0.4 is 15.5 Å². The number of carbonyl (C=O) groups excluding carboxylic acids is 2. The third-order valence-electron chi connectivity index (χ3n) is 6.83. The molecule has 2 saturated heterocycles. The van der Waals surface area contributed by atoms with Crippen LogP contribution in [0.5, 0.6) is 0 Å². The molecule has 0 radical (unpaired) electrons. The molecule has 2 atom stereocenters. The van der Waals surface area contributed by atoms with Gasteiger partial charge in [0.15, 0.2) is 0 Å². The van der Waals surface area contributed by atoms with Crippen LogP contribution in [0.1, 0.15) is 43.2 Å². The lowest BCUT2D eigenvalue weighted by Crippen LogP contribution is -2.40. The average molecular weight is 461 g/mol. The standard InChI is InChI=1S/C27H32N4O3/c1-2-29-27(33)25(19-6-4-3-5-7-19)20-10-13-31(14-11-20)24-9-8-23(16-22(24)17-28)30-26(32)21-12-15-34-18-21/h3-9,16,20-21,25H,2,10-15,18H2,1H3,(H,29,33)(H,30,32)/t21-,25?/m0/s1. The number of amides is 2. The molecule has 4 rings (SSSR count). The summed E-state index contributed by atoms with van der Waals surface area (Å²) in [6.07, 6.45) is 2.45. The fourth-order valence-corrected chi connectivity index (χ4v) is 5.02. The molecule has 0 aromatic heterocycles. The Labute approximate surface area is 201 Å². The highest BCUT2D eigenvalue weighted by atomic mass is 16.5. The van der Waals surface area contributed by atoms with E-state index in [1.54, 1.807) is 6.07 Å². The monoisotopic (exact) mass is 460 g/mol. The number of hydrogen-bond donors (Lipinski definition) is 2. The van der Waals surface area contributed by atoms with Gasteiger partial charge in [0, 0.05) is 31.9 Å². The van der Waals surface area contributed by atoms with E-state index in [4.69, 9.17) is 4.74 Å². The normalized spacial score (nSPS) is 19.3. The Bertz CT molecular complexity index is 1040. The molecule has 2 aliphatic rings. The van der Waals surface area contributed by atoms with Crippen molar-refractivity contribution in [2.45, 2.75) is 32.1 Å². The highest BCUT2D eigenvalue weighted by molar-refractivity contribution is 5.93. The van der Waals surface area contributed by atoms with Gasteiger partial charge in [-0.25, -0.2) is 0 Å². The number of ether oxygens (including phenoxy) is 1. The van der Waals surface area contributed by atoms with Gasteiger partial charge in [-0.3, -0.25) is 9.59 Å². The molecular formula is C27H32N4O3. The number of rotatable bonds is 7. The maximum atomic E-state index is 12.9. The van der Waals surface area contributed by atoms with E-state index < -0.39 is 0 Å². The van der Waals surface area contributed by atoms with Crippen LogP contribution in [0.3, 0.4) is 0 Å². The highest BCUT2D eigenvalue weighted by Crippen LogP contribution is 2.35. The van der Waals surface area contributed by atoms with Gasteiger partial charge in [-0.05, 0) is 55.9 Å². The predicted molar refractivity (Wildman–Crippen MR) is 132 cm³/mol. The number of hydrogen-bond acceptors (Lipinski definition) is 5. The molecule has 2 amide bonds. The first-order valence-electron chi connectivity index (χ1n) is 12.1. The van der Waals surface area contributed by atoms with Crippen LogP contribution in [0.2, 0.25) is 0 Å². The first-order chi connectivity index (χ1) is 16.6. The Kier molecular flexibility index (Phi) is 7.81. The second-order valence-corrected chi connectivity index (χ2v) is 9.00. The van der Waals surface area contributed by atoms with E-state index in [9.17, 15) is 14.9 Å². The summed E-state index contributed by atoms with van der Waals surface area (Å²) in [7, 11) is 0. The molecule has 7 nitrogen and oxygen atoms in total. The smallest absolute Gasteiger partial charge is 0.229 e. The first kappa shape index (κ1) is 23.8. The molecule has 0 saturated carbocycles. The molecule has 2 aliphatic heterocycles. The molecule has 0 spiro atoms. The van der Waals surface area contributed by atoms with Gasteiger partial charge < -0.3 is 20.3 Å². The van der Waals surface area contributed by atoms with Crippen LogP contribution in [-0.2, 0) is 14.3 Å². The topological polar surface area (TPSA) is 94.5 Å². The van der Waals surface area contributed by atoms with Gasteiger partial charge in [-0.15, -0.1) is 0 Å². The van der Waals surface area contributed by atoms with E-state index in [-0.39, 0.29) is 29.6 Å². The van der Waals surface area contributed by atoms with Crippen LogP contribution in [0.4, 0.5) is 11.4 Å². The van der Waals surface area contributed by atoms with Crippen LogP contribution in [-0.4, -0.2) is 44.7 Å². The third kappa shape index (κ3) is 5.40. The third-order valence-corrected chi connectivity index (χ3v) is 6.83. The molecule has 2 aromatic carbocycles. The zero-order valence-electron chi connectivity index (χ0n) is 19.6. The van der Waals surface area contributed by atoms with E-state index in [0.717, 1.165) is 43.6 Å². The lowest BCUT2D eigenvalue weighted by atomic mass is 9.79. The van der Waals surface area contributed by atoms with Gasteiger partial charge in [0.05, 0.1) is 29.7 Å². The first-order valence-corrected chi connectivity index (χ1v) is 12.1. The van der Waals surface area contributed by atoms with Crippen LogP contribution in [0.15, 0.2) is 48.5 Å². The van der Waals surface area contributed by atoms with Gasteiger partial charge in [-0.1, -0.05) is 30.3 Å². The summed E-state index contributed by atoms with van der Waals surface area (Å²) in [6, 6.07) is 17.8. The average Bonchev–Trinajstić information content (AvgIpc) is 3.41. The summed E-state index contributed by atoms with van der Waals surface area (Å²) in [6.45, 7) is 5.16. The van der Waals surface area contributed by atoms with Gasteiger partial charge >= 0.3 is 0 Å². The van der Waals surface area contributed by atoms with Crippen LogP contribution in [0, 0.1) is 23.2 Å². The number of nitrogens with zero attached hydrogens (tertiary/aromatic N) is 2. The van der Waals surface area contributed by atoms with Crippen LogP contribution in [0.25, 0.3) is 0 Å². The van der Waals surface area contributed by atoms with Crippen molar-refractivity contribution in [3.63, 3.8) is 0 Å². The molecule has 1 unspecified atom stereocenters. The quantitative estimate of drug-likeness (QED) is 0.658. The van der Waals surface area contributed by atoms with Crippen molar-refractivity contribution in [2.75, 3.05) is 43.1 Å². The SMILES string of the molecule is CCNC(=O)C(c1ccccc1)C1CCN(c2ccc(NC(=O)[C@H]3CCOC3)cc2C#N)CC1. The number of nitriles is 1. The lowest BCUT2D eigenvalue weighted by Gasteiger charge is -2.37. The zero-order chi connectivity index (χ0) is 23.9. The van der Waals surface area contributed by atoms with E-state index in [0.29, 0.717) is 31.0 Å². The van der Waals surface area contributed by atoms with Crippen molar-refractivity contribution < 1.29 is 14.3 Å². The van der Waals surface area contributed by atoms with E-state index in [2.05, 4.69) is 21.6 Å². The van der Waals surface area contributed by atoms with Crippen molar-refractivity contribution in [2.24, 2.45) is 11.8 Å². The van der Waals surface area contributed by atoms with Crippen molar-refractivity contribution in [1.29, 1.82) is 5.26 Å². The summed E-state index contributed by atoms with van der Waals surface area (Å²) in [5.74, 6) is -0.0459. The van der Waals surface area contributed by atoms with Crippen molar-refractivity contribution in [3.05, 3.63) is 59.7 Å². The van der Waals surface area contributed by atoms with Gasteiger partial charge in [0.1, 0.15) is 6.07 Å². The molecule has 2 aromatic rings. The van der Waals surface area contributed by atoms with Crippen molar-refractivity contribution >= 4 is 23.2 Å². The summed E-state index contributed by atoms with van der Waals surface area (Å²) in [4.78, 5) is 27.5. The molecule has 34 heavy (non-hydrogen) atoms. The Balaban J connectivity index is 1.44. The highest BCUT2D eigenvalue weighted by Gasteiger charge is 2.33. The molecule has 7 heteroatoms. The minimum atomic E-state index is -0.170. The van der Waals surface area contributed by atoms with E-state index >= 15 is 0 Å². The second-order valence-electron chi connectivity index (χ2n) is 9.00. The van der Waals surface area contributed by atoms with E-state index in [1.165, 1.54) is 0 Å². The lowest BCUT2D eigenvalue weighted by molar-refractivity contribution is -0.124. The fraction of sp³-hybridized carbons (Fsp3) is 0.444. The zero-order valence-corrected chi connectivity index (χ0v) is 19.6. The minimum absolute atomic E-state index is 0.0627. The Hall–Kier alpha value is -3.37. The molecule has 178 valence electrons. The van der Waals surface area contributed by atoms with Crippen LogP contribution >= 0.6 is 0 Å². The number of anilines is 2. The van der Waals surface area contributed by atoms with E-state index in [1.807, 2.05) is 49.4 Å². The molecule has 2 heterocycles. The van der Waals surface area contributed by atoms with Gasteiger partial charge in [-0.2, -0.15) is 5.26 Å². The summed E-state index contributed by atoms with van der Waals surface area (Å²) in [5.41, 5.74) is 3.10. The summed E-state index contributed by atoms with van der Waals surface area (Å²) in [5, 5.41) is 15.7. The molecule has 2 fully saturated rings. The number of carbonyl (C=O) groups is 2. The Morgan fingerprint density at radius 1 is 1.15 bits per heavy atom. The number of piperidine rings is 1. The van der Waals surface area contributed by atoms with Gasteiger partial charge in [0.25, 0.3) is 0 Å². The molecular weight excluding hydrogens is 428 g/mol. The minimum Gasteiger partial charge on any atom is -0.381 e. The fourth-order valence-electron chi connectivity index (χ4n) is 5.02. The second kappa shape index (κ2) is 11.2. The molecule has 2 N–H and O–H groups in total. The number of nitrogens with one attached hydrogen (secondary N) is 2. The predicted octanol–water partition coefficient (Wildman–Crippen LogP) is 3.67. The maximum Gasteiger partial charge on any atom is 0.229 e. The van der Waals surface area contributed by atoms with Gasteiger partial charge in [0.2, 0.25) is 11.8 Å². The molecule has 0 bridgehead atoms. The number of likely N-dealkylation sites (N-methyl/N-ethyl adjacent to an activating group) is 1. The molecule has 0 aliphatic carbocycles. The summed E-state index contributed by atoms with van der Waals surface area (Å²) < 4.78 is 5.30. The number of benzene rings is 2. The maximum absolute atomic E-state index is 12.9. The Morgan fingerprint density at radius 3 is 2.56 bits per heavy atom. The van der Waals surface area contributed by atoms with Crippen molar-refractivity contribution in [1.82, 2.24) is 5.32 Å². The Morgan fingerprint density at radius 2 is 1.91 bits per heavy atom. The van der Waals surface area contributed by atoms with Crippen molar-refractivity contribution in [3.8, 4) is 6.07 Å².